The molecule has 40 heavy (non-hydrogen) atoms. The molecule has 0 radical (unpaired) electrons. The van der Waals surface area contributed by atoms with Gasteiger partial charge in [0.25, 0.3) is 0 Å². The van der Waals surface area contributed by atoms with Crippen LogP contribution in [0.4, 0.5) is 13.2 Å². The summed E-state index contributed by atoms with van der Waals surface area (Å²) in [5.74, 6) is 0.215. The first-order valence-corrected chi connectivity index (χ1v) is 13.9. The van der Waals surface area contributed by atoms with E-state index in [9.17, 15) is 28.2 Å². The fraction of sp³-hybridized carbons (Fsp3) is 0.516. The molecular weight excluding hydrogens is 521 g/mol. The maximum atomic E-state index is 13.5. The lowest BCUT2D eigenvalue weighted by Crippen LogP contribution is -2.79. The summed E-state index contributed by atoms with van der Waals surface area (Å²) in [6, 6.07) is 7.99. The molecule has 2 bridgehead atoms. The zero-order valence-electron chi connectivity index (χ0n) is 22.7. The number of hydrogen-bond acceptors (Lipinski definition) is 5. The molecule has 1 saturated heterocycles. The second kappa shape index (κ2) is 9.24. The minimum absolute atomic E-state index is 0.0412. The van der Waals surface area contributed by atoms with Gasteiger partial charge in [-0.1, -0.05) is 31.2 Å². The van der Waals surface area contributed by atoms with Crippen molar-refractivity contribution in [2.45, 2.75) is 74.4 Å². The van der Waals surface area contributed by atoms with Gasteiger partial charge in [-0.3, -0.25) is 9.69 Å². The van der Waals surface area contributed by atoms with Gasteiger partial charge >= 0.3 is 6.18 Å². The highest BCUT2D eigenvalue weighted by atomic mass is 19.4. The summed E-state index contributed by atoms with van der Waals surface area (Å²) < 4.78 is 45.4. The van der Waals surface area contributed by atoms with Gasteiger partial charge in [0.15, 0.2) is 11.5 Å². The number of benzene rings is 2. The SMILES string of the molecule is C=CCN1CC[C@]23c4c5ccc(O)c4OC2C(N(C)C(=O)CCc2ccc(C(F)(F)F)cc2)C(C)C[C@@]3(O)[C@H]1C5. The van der Waals surface area contributed by atoms with Gasteiger partial charge < -0.3 is 19.8 Å². The Bertz CT molecular complexity index is 1350. The molecule has 2 fully saturated rings. The van der Waals surface area contributed by atoms with Crippen LogP contribution in [-0.2, 0) is 29.2 Å². The summed E-state index contributed by atoms with van der Waals surface area (Å²) in [5, 5.41) is 23.4. The lowest BCUT2D eigenvalue weighted by molar-refractivity contribution is -0.210. The van der Waals surface area contributed by atoms with Gasteiger partial charge in [0.2, 0.25) is 5.91 Å². The third-order valence-electron chi connectivity index (χ3n) is 10.0. The van der Waals surface area contributed by atoms with E-state index in [1.807, 2.05) is 19.1 Å². The Hall–Kier alpha value is -3.04. The third-order valence-corrected chi connectivity index (χ3v) is 10.0. The number of nitrogens with zero attached hydrogens (tertiary/aromatic N) is 2. The minimum atomic E-state index is -4.40. The number of carbonyl (C=O) groups excluding carboxylic acids is 1. The summed E-state index contributed by atoms with van der Waals surface area (Å²) in [6.45, 7) is 7.35. The molecule has 1 saturated carbocycles. The first kappa shape index (κ1) is 27.1. The summed E-state index contributed by atoms with van der Waals surface area (Å²) in [5.41, 5.74) is 0.0118. The summed E-state index contributed by atoms with van der Waals surface area (Å²) in [4.78, 5) is 17.5. The molecule has 1 amide bonds. The highest BCUT2D eigenvalue weighted by Gasteiger charge is 2.74. The van der Waals surface area contributed by atoms with Gasteiger partial charge in [-0.25, -0.2) is 0 Å². The molecule has 0 aromatic heterocycles. The highest BCUT2D eigenvalue weighted by molar-refractivity contribution is 5.77. The number of piperidine rings is 1. The van der Waals surface area contributed by atoms with Gasteiger partial charge in [0, 0.05) is 31.6 Å². The molecule has 2 aromatic rings. The minimum Gasteiger partial charge on any atom is -0.504 e. The van der Waals surface area contributed by atoms with E-state index < -0.39 is 28.9 Å². The first-order chi connectivity index (χ1) is 18.9. The van der Waals surface area contributed by atoms with Crippen LogP contribution in [0.2, 0.25) is 0 Å². The number of aryl methyl sites for hydroxylation is 1. The molecular formula is C31H35F3N2O4. The fourth-order valence-corrected chi connectivity index (χ4v) is 8.30. The Morgan fingerprint density at radius 1 is 1.25 bits per heavy atom. The van der Waals surface area contributed by atoms with Crippen LogP contribution < -0.4 is 4.74 Å². The molecule has 2 heterocycles. The van der Waals surface area contributed by atoms with Crippen molar-refractivity contribution in [3.05, 3.63) is 71.3 Å². The van der Waals surface area contributed by atoms with Gasteiger partial charge in [-0.05, 0) is 67.5 Å². The van der Waals surface area contributed by atoms with E-state index in [0.717, 1.165) is 29.8 Å². The fourth-order valence-electron chi connectivity index (χ4n) is 8.30. The summed E-state index contributed by atoms with van der Waals surface area (Å²) >= 11 is 0. The topological polar surface area (TPSA) is 73.2 Å². The molecule has 3 unspecified atom stereocenters. The molecule has 6 nitrogen and oxygen atoms in total. The average Bonchev–Trinajstić information content (AvgIpc) is 3.24. The van der Waals surface area contributed by atoms with E-state index in [-0.39, 0.29) is 36.1 Å². The number of halogens is 3. The number of aliphatic hydroxyl groups is 1. The Labute approximate surface area is 232 Å². The quantitative estimate of drug-likeness (QED) is 0.515. The van der Waals surface area contributed by atoms with E-state index in [1.165, 1.54) is 12.1 Å². The standard InChI is InChI=1S/C31H35F3N2O4/c1-4-14-36-15-13-29-25-20-8-11-22(37)27(25)40-28(29)26(18(2)17-30(29,39)23(36)16-20)35(3)24(38)12-7-19-5-9-21(10-6-19)31(32,33)34/h4-6,8-11,18,23,26,28,37,39H,1,7,12-17H2,2-3H3/t18?,23-,26?,28?,29+,30-/m1/s1. The second-order valence-electron chi connectivity index (χ2n) is 12.0. The summed E-state index contributed by atoms with van der Waals surface area (Å²) in [7, 11) is 1.75. The van der Waals surface area contributed by atoms with Crippen molar-refractivity contribution in [3.8, 4) is 11.5 Å². The monoisotopic (exact) mass is 556 g/mol. The Balaban J connectivity index is 1.30. The molecule has 2 aromatic carbocycles. The van der Waals surface area contributed by atoms with Crippen molar-refractivity contribution >= 4 is 5.91 Å². The molecule has 1 spiro atoms. The molecule has 4 aliphatic rings. The number of ether oxygens (including phenoxy) is 1. The zero-order valence-corrected chi connectivity index (χ0v) is 22.7. The van der Waals surface area contributed by atoms with Gasteiger partial charge in [-0.2, -0.15) is 13.2 Å². The number of phenolic OH excluding ortho intramolecular Hbond substituents is 1. The van der Waals surface area contributed by atoms with Gasteiger partial charge in [-0.15, -0.1) is 6.58 Å². The van der Waals surface area contributed by atoms with Crippen LogP contribution in [-0.4, -0.2) is 69.8 Å². The maximum Gasteiger partial charge on any atom is 0.416 e. The summed E-state index contributed by atoms with van der Waals surface area (Å²) in [6.07, 6.45) is -0.901. The molecule has 6 rings (SSSR count). The first-order valence-electron chi connectivity index (χ1n) is 13.9. The predicted octanol–water partition coefficient (Wildman–Crippen LogP) is 4.46. The number of likely N-dealkylation sites (tertiary alicyclic amines) is 1. The smallest absolute Gasteiger partial charge is 0.416 e. The molecule has 9 heteroatoms. The second-order valence-corrected chi connectivity index (χ2v) is 12.0. The number of amides is 1. The van der Waals surface area contributed by atoms with E-state index in [0.29, 0.717) is 43.5 Å². The van der Waals surface area contributed by atoms with Crippen molar-refractivity contribution in [1.29, 1.82) is 0 Å². The van der Waals surface area contributed by atoms with Gasteiger partial charge in [0.05, 0.1) is 22.6 Å². The van der Waals surface area contributed by atoms with Gasteiger partial charge in [0.1, 0.15) is 6.10 Å². The lowest BCUT2D eigenvalue weighted by atomic mass is 9.46. The maximum absolute atomic E-state index is 13.5. The Morgan fingerprint density at radius 3 is 2.65 bits per heavy atom. The number of phenols is 1. The van der Waals surface area contributed by atoms with E-state index in [1.54, 1.807) is 18.0 Å². The normalized spacial score (nSPS) is 32.2. The van der Waals surface area contributed by atoms with E-state index in [2.05, 4.69) is 11.5 Å². The molecule has 2 aliphatic carbocycles. The molecule has 214 valence electrons. The number of rotatable bonds is 6. The third kappa shape index (κ3) is 3.73. The number of aromatic hydroxyl groups is 1. The molecule has 2 aliphatic heterocycles. The van der Waals surface area contributed by atoms with E-state index >= 15 is 0 Å². The van der Waals surface area contributed by atoms with Crippen molar-refractivity contribution in [3.63, 3.8) is 0 Å². The van der Waals surface area contributed by atoms with Crippen LogP contribution in [0, 0.1) is 5.92 Å². The van der Waals surface area contributed by atoms with Crippen LogP contribution >= 0.6 is 0 Å². The van der Waals surface area contributed by atoms with Crippen LogP contribution in [0.25, 0.3) is 0 Å². The van der Waals surface area contributed by atoms with Crippen LogP contribution in [0.5, 0.6) is 11.5 Å². The van der Waals surface area contributed by atoms with Crippen LogP contribution in [0.3, 0.4) is 0 Å². The number of likely N-dealkylation sites (N-methyl/N-ethyl adjacent to an activating group) is 1. The molecule has 6 atom stereocenters. The lowest BCUT2D eigenvalue weighted by Gasteiger charge is -2.65. The molecule has 2 N–H and O–H groups in total. The number of hydrogen-bond donors (Lipinski definition) is 2. The predicted molar refractivity (Wildman–Crippen MR) is 143 cm³/mol. The zero-order chi connectivity index (χ0) is 28.6. The average molecular weight is 557 g/mol. The van der Waals surface area contributed by atoms with E-state index in [4.69, 9.17) is 4.74 Å². The van der Waals surface area contributed by atoms with Crippen molar-refractivity contribution in [2.24, 2.45) is 5.92 Å². The van der Waals surface area contributed by atoms with Crippen LogP contribution in [0.15, 0.2) is 49.1 Å². The number of alkyl halides is 3. The highest BCUT2D eigenvalue weighted by Crippen LogP contribution is 2.66. The van der Waals surface area contributed by atoms with Crippen molar-refractivity contribution in [1.82, 2.24) is 9.80 Å². The number of carbonyl (C=O) groups is 1. The Kier molecular flexibility index (Phi) is 6.27. The Morgan fingerprint density at radius 2 is 1.98 bits per heavy atom. The largest absolute Gasteiger partial charge is 0.504 e. The van der Waals surface area contributed by atoms with Crippen molar-refractivity contribution in [2.75, 3.05) is 20.1 Å². The van der Waals surface area contributed by atoms with Crippen molar-refractivity contribution < 1.29 is 32.9 Å². The van der Waals surface area contributed by atoms with Crippen LogP contribution in [0.1, 0.15) is 48.4 Å².